The molecule has 2 heterocycles. The zero-order valence-electron chi connectivity index (χ0n) is 8.76. The lowest BCUT2D eigenvalue weighted by molar-refractivity contribution is 0.476. The molecule has 2 aromatic heterocycles. The Morgan fingerprint density at radius 2 is 2.31 bits per heavy atom. The highest BCUT2D eigenvalue weighted by atomic mass is 16.4. The fourth-order valence-electron chi connectivity index (χ4n) is 1.45. The van der Waals surface area contributed by atoms with Gasteiger partial charge in [-0.25, -0.2) is 0 Å². The predicted octanol–water partition coefficient (Wildman–Crippen LogP) is 1.38. The highest BCUT2D eigenvalue weighted by Crippen LogP contribution is 2.20. The summed E-state index contributed by atoms with van der Waals surface area (Å²) in [7, 11) is 0. The van der Waals surface area contributed by atoms with Crippen LogP contribution in [0.5, 0.6) is 0 Å². The van der Waals surface area contributed by atoms with E-state index in [2.05, 4.69) is 20.5 Å². The lowest BCUT2D eigenvalue weighted by Crippen LogP contribution is -2.15. The standard InChI is InChI=1S/C11H12N4O/c1-2-8(6-12-5-1)11-15-14-10(16-11)7-13-9-3-4-9/h1-2,5-6,9,13H,3-4,7H2. The second kappa shape index (κ2) is 4.02. The molecule has 5 nitrogen and oxygen atoms in total. The van der Waals surface area contributed by atoms with Gasteiger partial charge in [-0.05, 0) is 25.0 Å². The van der Waals surface area contributed by atoms with Crippen molar-refractivity contribution in [3.63, 3.8) is 0 Å². The topological polar surface area (TPSA) is 63.8 Å². The molecule has 0 aromatic carbocycles. The Bertz CT molecular complexity index is 464. The summed E-state index contributed by atoms with van der Waals surface area (Å²) in [6.07, 6.45) is 5.94. The van der Waals surface area contributed by atoms with E-state index in [4.69, 9.17) is 4.42 Å². The smallest absolute Gasteiger partial charge is 0.249 e. The van der Waals surface area contributed by atoms with Crippen molar-refractivity contribution in [1.82, 2.24) is 20.5 Å². The third-order valence-electron chi connectivity index (χ3n) is 2.49. The second-order valence-corrected chi connectivity index (χ2v) is 3.90. The summed E-state index contributed by atoms with van der Waals surface area (Å²) in [6, 6.07) is 4.40. The minimum Gasteiger partial charge on any atom is -0.419 e. The first-order valence-corrected chi connectivity index (χ1v) is 5.38. The molecule has 1 fully saturated rings. The molecular formula is C11H12N4O. The highest BCUT2D eigenvalue weighted by molar-refractivity contribution is 5.49. The maximum absolute atomic E-state index is 5.52. The van der Waals surface area contributed by atoms with E-state index in [-0.39, 0.29) is 0 Å². The van der Waals surface area contributed by atoms with Gasteiger partial charge in [0.25, 0.3) is 0 Å². The Balaban J connectivity index is 1.71. The molecule has 0 spiro atoms. The average Bonchev–Trinajstić information content (AvgIpc) is 3.05. The van der Waals surface area contributed by atoms with Crippen molar-refractivity contribution in [3.05, 3.63) is 30.4 Å². The SMILES string of the molecule is c1cncc(-c2nnc(CNC3CC3)o2)c1. The second-order valence-electron chi connectivity index (χ2n) is 3.90. The maximum Gasteiger partial charge on any atom is 0.249 e. The highest BCUT2D eigenvalue weighted by Gasteiger charge is 2.21. The summed E-state index contributed by atoms with van der Waals surface area (Å²) in [4.78, 5) is 4.01. The number of nitrogens with one attached hydrogen (secondary N) is 1. The Labute approximate surface area is 92.9 Å². The maximum atomic E-state index is 5.52. The van der Waals surface area contributed by atoms with Gasteiger partial charge in [0.05, 0.1) is 12.1 Å². The summed E-state index contributed by atoms with van der Waals surface area (Å²) in [5, 5.41) is 11.3. The van der Waals surface area contributed by atoms with E-state index in [9.17, 15) is 0 Å². The lowest BCUT2D eigenvalue weighted by atomic mass is 10.3. The van der Waals surface area contributed by atoms with Crippen molar-refractivity contribution < 1.29 is 4.42 Å². The molecule has 5 heteroatoms. The van der Waals surface area contributed by atoms with Gasteiger partial charge in [-0.15, -0.1) is 10.2 Å². The largest absolute Gasteiger partial charge is 0.419 e. The van der Waals surface area contributed by atoms with Gasteiger partial charge in [0.2, 0.25) is 11.8 Å². The van der Waals surface area contributed by atoms with Crippen LogP contribution in [0, 0.1) is 0 Å². The predicted molar refractivity (Wildman–Crippen MR) is 57.4 cm³/mol. The van der Waals surface area contributed by atoms with Gasteiger partial charge >= 0.3 is 0 Å². The van der Waals surface area contributed by atoms with Gasteiger partial charge in [-0.1, -0.05) is 0 Å². The number of pyridine rings is 1. The summed E-state index contributed by atoms with van der Waals surface area (Å²) in [5.74, 6) is 1.16. The zero-order chi connectivity index (χ0) is 10.8. The van der Waals surface area contributed by atoms with E-state index < -0.39 is 0 Å². The van der Waals surface area contributed by atoms with Crippen LogP contribution in [0.3, 0.4) is 0 Å². The van der Waals surface area contributed by atoms with Gasteiger partial charge in [-0.2, -0.15) is 0 Å². The lowest BCUT2D eigenvalue weighted by Gasteiger charge is -1.95. The molecule has 0 saturated heterocycles. The van der Waals surface area contributed by atoms with E-state index in [1.807, 2.05) is 12.1 Å². The van der Waals surface area contributed by atoms with Gasteiger partial charge in [-0.3, -0.25) is 4.98 Å². The minimum atomic E-state index is 0.528. The molecule has 1 N–H and O–H groups in total. The van der Waals surface area contributed by atoms with Crippen molar-refractivity contribution in [2.24, 2.45) is 0 Å². The molecule has 0 amide bonds. The minimum absolute atomic E-state index is 0.528. The number of hydrogen-bond donors (Lipinski definition) is 1. The zero-order valence-corrected chi connectivity index (χ0v) is 8.76. The van der Waals surface area contributed by atoms with Crippen molar-refractivity contribution in [3.8, 4) is 11.5 Å². The van der Waals surface area contributed by atoms with Crippen molar-refractivity contribution in [1.29, 1.82) is 0 Å². The molecule has 2 aromatic rings. The molecule has 16 heavy (non-hydrogen) atoms. The Kier molecular flexibility index (Phi) is 2.38. The molecule has 1 saturated carbocycles. The Morgan fingerprint density at radius 1 is 1.38 bits per heavy atom. The van der Waals surface area contributed by atoms with Gasteiger partial charge in [0, 0.05) is 18.4 Å². The fourth-order valence-corrected chi connectivity index (χ4v) is 1.45. The average molecular weight is 216 g/mol. The van der Waals surface area contributed by atoms with Crippen LogP contribution in [0.1, 0.15) is 18.7 Å². The Hall–Kier alpha value is -1.75. The first-order chi connectivity index (χ1) is 7.92. The van der Waals surface area contributed by atoms with Crippen LogP contribution in [0.2, 0.25) is 0 Å². The van der Waals surface area contributed by atoms with Crippen LogP contribution >= 0.6 is 0 Å². The fraction of sp³-hybridized carbons (Fsp3) is 0.364. The molecule has 0 bridgehead atoms. The van der Waals surface area contributed by atoms with Gasteiger partial charge in [0.1, 0.15) is 0 Å². The van der Waals surface area contributed by atoms with Gasteiger partial charge < -0.3 is 9.73 Å². The van der Waals surface area contributed by atoms with Crippen molar-refractivity contribution >= 4 is 0 Å². The third kappa shape index (κ3) is 2.09. The molecule has 3 rings (SSSR count). The molecule has 82 valence electrons. The van der Waals surface area contributed by atoms with Crippen LogP contribution < -0.4 is 5.32 Å². The van der Waals surface area contributed by atoms with Crippen LogP contribution in [-0.4, -0.2) is 21.2 Å². The van der Waals surface area contributed by atoms with Crippen LogP contribution in [0.4, 0.5) is 0 Å². The molecule has 0 aliphatic heterocycles. The number of aromatic nitrogens is 3. The molecule has 0 radical (unpaired) electrons. The van der Waals surface area contributed by atoms with Crippen LogP contribution in [0.25, 0.3) is 11.5 Å². The van der Waals surface area contributed by atoms with E-state index in [1.165, 1.54) is 12.8 Å². The third-order valence-corrected chi connectivity index (χ3v) is 2.49. The first kappa shape index (κ1) is 9.47. The van der Waals surface area contributed by atoms with Crippen molar-refractivity contribution in [2.45, 2.75) is 25.4 Å². The van der Waals surface area contributed by atoms with Gasteiger partial charge in [0.15, 0.2) is 0 Å². The van der Waals surface area contributed by atoms with E-state index in [1.54, 1.807) is 12.4 Å². The van der Waals surface area contributed by atoms with Crippen LogP contribution in [0.15, 0.2) is 28.9 Å². The van der Waals surface area contributed by atoms with Crippen LogP contribution in [-0.2, 0) is 6.54 Å². The first-order valence-electron chi connectivity index (χ1n) is 5.38. The quantitative estimate of drug-likeness (QED) is 0.836. The van der Waals surface area contributed by atoms with Crippen molar-refractivity contribution in [2.75, 3.05) is 0 Å². The molecule has 0 atom stereocenters. The molecular weight excluding hydrogens is 204 g/mol. The normalized spacial score (nSPS) is 15.2. The van der Waals surface area contributed by atoms with E-state index in [0.29, 0.717) is 24.4 Å². The number of rotatable bonds is 4. The Morgan fingerprint density at radius 3 is 3.06 bits per heavy atom. The van der Waals surface area contributed by atoms with E-state index >= 15 is 0 Å². The molecule has 1 aliphatic rings. The summed E-state index contributed by atoms with van der Waals surface area (Å²) >= 11 is 0. The van der Waals surface area contributed by atoms with E-state index in [0.717, 1.165) is 5.56 Å². The number of nitrogens with zero attached hydrogens (tertiary/aromatic N) is 3. The summed E-state index contributed by atoms with van der Waals surface area (Å²) in [6.45, 7) is 0.651. The number of hydrogen-bond acceptors (Lipinski definition) is 5. The molecule has 1 aliphatic carbocycles. The molecule has 0 unspecified atom stereocenters. The summed E-state index contributed by atoms with van der Waals surface area (Å²) < 4.78 is 5.52. The monoisotopic (exact) mass is 216 g/mol. The summed E-state index contributed by atoms with van der Waals surface area (Å²) in [5.41, 5.74) is 0.854.